The summed E-state index contributed by atoms with van der Waals surface area (Å²) >= 11 is 0. The zero-order valence-electron chi connectivity index (χ0n) is 17.4. The SMILES string of the molecule is CC(=O)N[C@@H]1BCc2c(cccc2C(=O)OC(C)OC(=O)CC2CCCCC2)C1. The minimum atomic E-state index is -0.912. The lowest BCUT2D eigenvalue weighted by Crippen LogP contribution is -2.43. The molecule has 3 rings (SSSR count). The van der Waals surface area contributed by atoms with Gasteiger partial charge >= 0.3 is 11.9 Å². The van der Waals surface area contributed by atoms with Gasteiger partial charge < -0.3 is 14.8 Å². The first-order valence-corrected chi connectivity index (χ1v) is 10.7. The van der Waals surface area contributed by atoms with Crippen molar-refractivity contribution in [3.05, 3.63) is 34.9 Å². The number of carbonyl (C=O) groups is 3. The maximum absolute atomic E-state index is 12.7. The van der Waals surface area contributed by atoms with Crippen molar-refractivity contribution in [2.45, 2.75) is 77.3 Å². The van der Waals surface area contributed by atoms with E-state index in [2.05, 4.69) is 5.32 Å². The molecule has 2 aliphatic rings. The molecule has 0 saturated heterocycles. The van der Waals surface area contributed by atoms with Crippen molar-refractivity contribution >= 4 is 25.1 Å². The van der Waals surface area contributed by atoms with Gasteiger partial charge in [-0.1, -0.05) is 31.4 Å². The van der Waals surface area contributed by atoms with E-state index in [0.717, 1.165) is 31.2 Å². The maximum atomic E-state index is 12.7. The van der Waals surface area contributed by atoms with Crippen LogP contribution >= 0.6 is 0 Å². The molecule has 1 aromatic rings. The van der Waals surface area contributed by atoms with Crippen LogP contribution in [0.4, 0.5) is 0 Å². The van der Waals surface area contributed by atoms with Crippen LogP contribution in [0.3, 0.4) is 0 Å². The van der Waals surface area contributed by atoms with Gasteiger partial charge in [0.15, 0.2) is 7.28 Å². The molecule has 1 aliphatic carbocycles. The number of esters is 2. The van der Waals surface area contributed by atoms with E-state index in [4.69, 9.17) is 9.47 Å². The van der Waals surface area contributed by atoms with Gasteiger partial charge in [0, 0.05) is 26.2 Å². The quantitative estimate of drug-likeness (QED) is 0.452. The zero-order chi connectivity index (χ0) is 20.8. The molecule has 0 aromatic heterocycles. The smallest absolute Gasteiger partial charge is 0.341 e. The summed E-state index contributed by atoms with van der Waals surface area (Å²) in [7, 11) is 0.781. The van der Waals surface area contributed by atoms with Gasteiger partial charge in [0.1, 0.15) is 0 Å². The van der Waals surface area contributed by atoms with Crippen LogP contribution < -0.4 is 5.32 Å². The van der Waals surface area contributed by atoms with Gasteiger partial charge in [-0.3, -0.25) is 9.59 Å². The Kier molecular flexibility index (Phi) is 7.34. The Morgan fingerprint density at radius 1 is 1.17 bits per heavy atom. The third kappa shape index (κ3) is 6.08. The second-order valence-corrected chi connectivity index (χ2v) is 8.25. The molecule has 0 bridgehead atoms. The Morgan fingerprint density at radius 2 is 1.93 bits per heavy atom. The van der Waals surface area contributed by atoms with Crippen molar-refractivity contribution in [2.24, 2.45) is 5.92 Å². The lowest BCUT2D eigenvalue weighted by molar-refractivity contribution is -0.166. The molecule has 1 aliphatic heterocycles. The molecular formula is C22H30BNO5. The number of nitrogens with one attached hydrogen (secondary N) is 1. The van der Waals surface area contributed by atoms with Gasteiger partial charge in [-0.25, -0.2) is 4.79 Å². The minimum absolute atomic E-state index is 0.0436. The van der Waals surface area contributed by atoms with Crippen molar-refractivity contribution in [3.8, 4) is 0 Å². The Balaban J connectivity index is 1.55. The van der Waals surface area contributed by atoms with Gasteiger partial charge in [0.2, 0.25) is 12.2 Å². The number of ether oxygens (including phenoxy) is 2. The highest BCUT2D eigenvalue weighted by Crippen LogP contribution is 2.27. The minimum Gasteiger partial charge on any atom is -0.425 e. The average molecular weight is 399 g/mol. The maximum Gasteiger partial charge on any atom is 0.341 e. The first kappa shape index (κ1) is 21.4. The Morgan fingerprint density at radius 3 is 2.66 bits per heavy atom. The average Bonchev–Trinajstić information content (AvgIpc) is 2.67. The van der Waals surface area contributed by atoms with Gasteiger partial charge in [0.05, 0.1) is 5.56 Å². The summed E-state index contributed by atoms with van der Waals surface area (Å²) in [5.41, 5.74) is 2.52. The van der Waals surface area contributed by atoms with Crippen LogP contribution in [0.15, 0.2) is 18.2 Å². The Bertz CT molecular complexity index is 760. The molecule has 1 N–H and O–H groups in total. The standard InChI is InChI=1S/C22H30BNO5/c1-14(25)24-20-12-17-9-6-10-18(19(17)13-23-20)22(27)29-15(2)28-21(26)11-16-7-4-3-5-8-16/h6,9-10,15-16,20,23H,3-5,7-8,11-13H2,1-2H3,(H,24,25)/t15?,20-/m0/s1. The van der Waals surface area contributed by atoms with Crippen molar-refractivity contribution in [2.75, 3.05) is 0 Å². The third-order valence-electron chi connectivity index (χ3n) is 5.86. The summed E-state index contributed by atoms with van der Waals surface area (Å²) in [6.45, 7) is 3.10. The van der Waals surface area contributed by atoms with E-state index in [9.17, 15) is 14.4 Å². The van der Waals surface area contributed by atoms with Crippen LogP contribution in [-0.2, 0) is 31.8 Å². The van der Waals surface area contributed by atoms with E-state index >= 15 is 0 Å². The number of hydrogen-bond acceptors (Lipinski definition) is 5. The molecule has 0 spiro atoms. The summed E-state index contributed by atoms with van der Waals surface area (Å²) in [6, 6.07) is 5.55. The second kappa shape index (κ2) is 9.94. The highest BCUT2D eigenvalue weighted by atomic mass is 16.7. The Labute approximate surface area is 173 Å². The number of fused-ring (bicyclic) bond motifs is 1. The van der Waals surface area contributed by atoms with E-state index in [1.165, 1.54) is 26.2 Å². The summed E-state index contributed by atoms with van der Waals surface area (Å²) in [4.78, 5) is 36.1. The summed E-state index contributed by atoms with van der Waals surface area (Å²) in [6.07, 6.45) is 6.60. The topological polar surface area (TPSA) is 81.7 Å². The molecule has 1 fully saturated rings. The van der Waals surface area contributed by atoms with Crippen LogP contribution in [0.5, 0.6) is 0 Å². The van der Waals surface area contributed by atoms with Crippen LogP contribution in [0.1, 0.15) is 73.9 Å². The molecule has 1 aromatic carbocycles. The molecule has 7 heteroatoms. The number of rotatable bonds is 6. The Hall–Kier alpha value is -2.31. The second-order valence-electron chi connectivity index (χ2n) is 8.25. The highest BCUT2D eigenvalue weighted by molar-refractivity contribution is 6.38. The van der Waals surface area contributed by atoms with E-state index in [1.54, 1.807) is 13.0 Å². The van der Waals surface area contributed by atoms with Crippen LogP contribution in [-0.4, -0.2) is 37.4 Å². The largest absolute Gasteiger partial charge is 0.425 e. The molecule has 6 nitrogen and oxygen atoms in total. The first-order chi connectivity index (χ1) is 13.9. The normalized spacial score (nSPS) is 20.0. The molecule has 1 unspecified atom stereocenters. The molecule has 1 amide bonds. The lowest BCUT2D eigenvalue weighted by atomic mass is 9.57. The van der Waals surface area contributed by atoms with Gasteiger partial charge in [-0.15, -0.1) is 0 Å². The summed E-state index contributed by atoms with van der Waals surface area (Å²) in [5.74, 6) is -0.344. The van der Waals surface area contributed by atoms with Crippen molar-refractivity contribution in [1.82, 2.24) is 5.32 Å². The molecule has 2 atom stereocenters. The molecular weight excluding hydrogens is 369 g/mol. The number of benzene rings is 1. The molecule has 156 valence electrons. The van der Waals surface area contributed by atoms with Crippen molar-refractivity contribution < 1.29 is 23.9 Å². The predicted molar refractivity (Wildman–Crippen MR) is 111 cm³/mol. The molecule has 1 saturated carbocycles. The van der Waals surface area contributed by atoms with Crippen LogP contribution in [0.2, 0.25) is 0 Å². The fraction of sp³-hybridized carbons (Fsp3) is 0.591. The van der Waals surface area contributed by atoms with Crippen LogP contribution in [0, 0.1) is 5.92 Å². The van der Waals surface area contributed by atoms with E-state index < -0.39 is 12.3 Å². The molecule has 1 heterocycles. The zero-order valence-corrected chi connectivity index (χ0v) is 17.4. The van der Waals surface area contributed by atoms with E-state index in [-0.39, 0.29) is 17.8 Å². The fourth-order valence-corrected chi connectivity index (χ4v) is 4.51. The third-order valence-corrected chi connectivity index (χ3v) is 5.86. The summed E-state index contributed by atoms with van der Waals surface area (Å²) < 4.78 is 10.7. The lowest BCUT2D eigenvalue weighted by Gasteiger charge is -2.26. The number of hydrogen-bond donors (Lipinski definition) is 1. The fourth-order valence-electron chi connectivity index (χ4n) is 4.51. The van der Waals surface area contributed by atoms with Crippen molar-refractivity contribution in [1.29, 1.82) is 0 Å². The van der Waals surface area contributed by atoms with E-state index in [1.807, 2.05) is 12.1 Å². The number of carbonyl (C=O) groups excluding carboxylic acids is 3. The monoisotopic (exact) mass is 399 g/mol. The highest BCUT2D eigenvalue weighted by Gasteiger charge is 2.26. The van der Waals surface area contributed by atoms with Gasteiger partial charge in [-0.05, 0) is 48.7 Å². The van der Waals surface area contributed by atoms with E-state index in [0.29, 0.717) is 30.6 Å². The van der Waals surface area contributed by atoms with Crippen LogP contribution in [0.25, 0.3) is 0 Å². The van der Waals surface area contributed by atoms with Gasteiger partial charge in [0.25, 0.3) is 0 Å². The van der Waals surface area contributed by atoms with Gasteiger partial charge in [-0.2, -0.15) is 0 Å². The summed E-state index contributed by atoms with van der Waals surface area (Å²) in [5, 5.41) is 2.95. The predicted octanol–water partition coefficient (Wildman–Crippen LogP) is 2.66. The molecule has 0 radical (unpaired) electrons. The molecule has 29 heavy (non-hydrogen) atoms. The first-order valence-electron chi connectivity index (χ1n) is 10.7. The van der Waals surface area contributed by atoms with Crippen molar-refractivity contribution in [3.63, 3.8) is 0 Å². The number of amides is 1.